The van der Waals surface area contributed by atoms with Crippen molar-refractivity contribution in [3.63, 3.8) is 0 Å². The summed E-state index contributed by atoms with van der Waals surface area (Å²) in [5.41, 5.74) is 0.705. The van der Waals surface area contributed by atoms with Gasteiger partial charge in [-0.1, -0.05) is 57.3 Å². The number of aromatic hydroxyl groups is 2. The predicted octanol–water partition coefficient (Wildman–Crippen LogP) is 5.49. The minimum Gasteiger partial charge on any atom is -0.507 e. The normalized spacial score (nSPS) is 31.5. The lowest BCUT2D eigenvalue weighted by molar-refractivity contribution is -0.160. The standard InChI is InChI=1S/C42H53N3O12S/c1-19-11-10-12-20(2)40(52)43-31-35(50)28-27(30-38(31)58-41(44-30)45-14-17-54-18-15-45)29-37(24(6)34(28)49)57-42(8,39(29)51)55-16-13-26(53-9)21(3)36(56-25(7)46)23(5)33(48)22(4)32(19)47/h10-13,16,19,21-23,26,32-33,36,47-50H,14-15,17-18H2,1-9H3,(H,43,52)/b11-10-,16-13?,20-12-/t19-,21+,22+,23+,26-,32-,33+,36+,42-/m0/s1. The summed E-state index contributed by atoms with van der Waals surface area (Å²) in [6.07, 6.45) is 3.93. The van der Waals surface area contributed by atoms with E-state index >= 15 is 0 Å². The van der Waals surface area contributed by atoms with Crippen molar-refractivity contribution in [3.05, 3.63) is 47.3 Å². The summed E-state index contributed by atoms with van der Waals surface area (Å²) in [7, 11) is 1.46. The van der Waals surface area contributed by atoms with Gasteiger partial charge >= 0.3 is 11.8 Å². The lowest BCUT2D eigenvalue weighted by Crippen LogP contribution is -2.46. The first-order valence-electron chi connectivity index (χ1n) is 19.4. The molecule has 1 fully saturated rings. The number of Topliss-reactive ketones (excluding diaryl/α,β-unsaturated/α-hetero) is 1. The van der Waals surface area contributed by atoms with Gasteiger partial charge in [-0.05, 0) is 19.9 Å². The average Bonchev–Trinajstić information content (AvgIpc) is 3.76. The summed E-state index contributed by atoms with van der Waals surface area (Å²) in [6, 6.07) is 0. The van der Waals surface area contributed by atoms with E-state index in [9.17, 15) is 34.8 Å². The number of hydrogen-bond acceptors (Lipinski definition) is 15. The van der Waals surface area contributed by atoms with Crippen LogP contribution in [0.3, 0.4) is 0 Å². The van der Waals surface area contributed by atoms with Crippen LogP contribution >= 0.6 is 11.3 Å². The van der Waals surface area contributed by atoms with E-state index in [2.05, 4.69) is 5.32 Å². The summed E-state index contributed by atoms with van der Waals surface area (Å²) >= 11 is 1.21. The Morgan fingerprint density at radius 2 is 1.69 bits per heavy atom. The molecule has 58 heavy (non-hydrogen) atoms. The molecule has 0 unspecified atom stereocenters. The monoisotopic (exact) mass is 823 g/mol. The Labute approximate surface area is 340 Å². The van der Waals surface area contributed by atoms with E-state index in [1.165, 1.54) is 38.6 Å². The zero-order valence-corrected chi connectivity index (χ0v) is 35.0. The smallest absolute Gasteiger partial charge is 0.312 e. The third kappa shape index (κ3) is 7.75. The summed E-state index contributed by atoms with van der Waals surface area (Å²) in [4.78, 5) is 47.7. The van der Waals surface area contributed by atoms with Crippen molar-refractivity contribution in [2.24, 2.45) is 23.7 Å². The highest BCUT2D eigenvalue weighted by Crippen LogP contribution is 2.55. The summed E-state index contributed by atoms with van der Waals surface area (Å²) in [5.74, 6) is -6.86. The molecular weight excluding hydrogens is 771 g/mol. The molecule has 3 aliphatic rings. The van der Waals surface area contributed by atoms with E-state index < -0.39 is 77.3 Å². The quantitative estimate of drug-likeness (QED) is 0.164. The van der Waals surface area contributed by atoms with E-state index in [1.807, 2.05) is 4.90 Å². The number of ether oxygens (including phenoxy) is 5. The maximum absolute atomic E-state index is 14.6. The molecular formula is C42H53N3O12S. The van der Waals surface area contributed by atoms with E-state index in [0.29, 0.717) is 36.1 Å². The molecule has 1 saturated heterocycles. The molecule has 1 amide bonds. The number of rotatable bonds is 3. The van der Waals surface area contributed by atoms with Gasteiger partial charge in [0.25, 0.3) is 11.7 Å². The zero-order chi connectivity index (χ0) is 42.4. The Morgan fingerprint density at radius 3 is 2.34 bits per heavy atom. The number of benzene rings is 2. The molecule has 6 rings (SSSR count). The number of carbonyl (C=O) groups excluding carboxylic acids is 3. The Balaban J connectivity index is 1.54. The summed E-state index contributed by atoms with van der Waals surface area (Å²) < 4.78 is 29.8. The minimum absolute atomic E-state index is 0.00571. The van der Waals surface area contributed by atoms with Crippen molar-refractivity contribution < 1.29 is 58.5 Å². The summed E-state index contributed by atoms with van der Waals surface area (Å²) in [5, 5.41) is 50.0. The number of carbonyl (C=O) groups is 3. The molecule has 0 spiro atoms. The van der Waals surface area contributed by atoms with Gasteiger partial charge in [0.2, 0.25) is 0 Å². The van der Waals surface area contributed by atoms with Crippen LogP contribution in [0.4, 0.5) is 10.8 Å². The number of aliphatic hydroxyl groups is 2. The average molecular weight is 824 g/mol. The molecule has 314 valence electrons. The van der Waals surface area contributed by atoms with Gasteiger partial charge in [0.05, 0.1) is 59.0 Å². The number of esters is 1. The molecule has 9 atom stereocenters. The van der Waals surface area contributed by atoms with Gasteiger partial charge in [0.1, 0.15) is 23.3 Å². The number of phenols is 2. The molecule has 3 aliphatic heterocycles. The van der Waals surface area contributed by atoms with Crippen LogP contribution in [0, 0.1) is 30.6 Å². The van der Waals surface area contributed by atoms with Crippen molar-refractivity contribution in [2.75, 3.05) is 43.6 Å². The lowest BCUT2D eigenvalue weighted by Gasteiger charge is -2.38. The van der Waals surface area contributed by atoms with Crippen molar-refractivity contribution >= 4 is 60.8 Å². The highest BCUT2D eigenvalue weighted by Gasteiger charge is 2.50. The number of fused-ring (bicyclic) bond motifs is 1. The molecule has 5 N–H and O–H groups in total. The topological polar surface area (TPSA) is 206 Å². The van der Waals surface area contributed by atoms with Gasteiger partial charge in [0.15, 0.2) is 10.9 Å². The lowest BCUT2D eigenvalue weighted by atomic mass is 9.78. The second-order valence-electron chi connectivity index (χ2n) is 15.6. The number of methoxy groups -OCH3 is 1. The third-order valence-electron chi connectivity index (χ3n) is 11.6. The first kappa shape index (κ1) is 42.9. The number of nitrogens with zero attached hydrogens (tertiary/aromatic N) is 2. The van der Waals surface area contributed by atoms with Crippen LogP contribution in [0.15, 0.2) is 36.1 Å². The fraction of sp³-hybridized carbons (Fsp3) is 0.524. The van der Waals surface area contributed by atoms with Crippen molar-refractivity contribution in [2.45, 2.75) is 85.6 Å². The second-order valence-corrected chi connectivity index (χ2v) is 16.6. The maximum atomic E-state index is 14.6. The first-order valence-corrected chi connectivity index (χ1v) is 20.2. The van der Waals surface area contributed by atoms with Crippen molar-refractivity contribution in [1.29, 1.82) is 0 Å². The number of hydrogen-bond donors (Lipinski definition) is 5. The molecule has 15 nitrogen and oxygen atoms in total. The largest absolute Gasteiger partial charge is 0.507 e. The number of allylic oxidation sites excluding steroid dienone is 2. The number of thiazole rings is 1. The Morgan fingerprint density at radius 1 is 1.00 bits per heavy atom. The number of aromatic nitrogens is 1. The molecule has 0 radical (unpaired) electrons. The third-order valence-corrected chi connectivity index (χ3v) is 12.8. The van der Waals surface area contributed by atoms with Crippen molar-refractivity contribution in [1.82, 2.24) is 4.98 Å². The number of aliphatic hydroxyl groups excluding tert-OH is 2. The van der Waals surface area contributed by atoms with Gasteiger partial charge in [-0.15, -0.1) is 0 Å². The fourth-order valence-corrected chi connectivity index (χ4v) is 9.13. The second kappa shape index (κ2) is 16.9. The molecule has 2 aromatic carbocycles. The zero-order valence-electron chi connectivity index (χ0n) is 34.2. The van der Waals surface area contributed by atoms with Crippen LogP contribution < -0.4 is 15.0 Å². The highest BCUT2D eigenvalue weighted by molar-refractivity contribution is 7.23. The van der Waals surface area contributed by atoms with Crippen LogP contribution in [0.25, 0.3) is 21.0 Å². The Bertz CT molecular complexity index is 2190. The van der Waals surface area contributed by atoms with E-state index in [4.69, 9.17) is 28.7 Å². The molecule has 1 aromatic heterocycles. The maximum Gasteiger partial charge on any atom is 0.312 e. The molecule has 0 aliphatic carbocycles. The number of phenolic OH excluding ortho intramolecular Hbond substituents is 2. The summed E-state index contributed by atoms with van der Waals surface area (Å²) in [6.45, 7) is 14.8. The van der Waals surface area contributed by atoms with Crippen LogP contribution in [0.5, 0.6) is 17.2 Å². The fourth-order valence-electron chi connectivity index (χ4n) is 8.00. The number of nitrogens with one attached hydrogen (secondary N) is 1. The molecule has 0 saturated carbocycles. The van der Waals surface area contributed by atoms with E-state index in [-0.39, 0.29) is 50.2 Å². The van der Waals surface area contributed by atoms with Gasteiger partial charge in [-0.3, -0.25) is 14.4 Å². The van der Waals surface area contributed by atoms with E-state index in [1.54, 1.807) is 65.8 Å². The minimum atomic E-state index is -1.95. The van der Waals surface area contributed by atoms with Crippen molar-refractivity contribution in [3.8, 4) is 17.2 Å². The van der Waals surface area contributed by atoms with Gasteiger partial charge < -0.3 is 54.3 Å². The van der Waals surface area contributed by atoms with Crippen LogP contribution in [0.1, 0.15) is 64.4 Å². The van der Waals surface area contributed by atoms with Crippen LogP contribution in [-0.4, -0.2) is 107 Å². The van der Waals surface area contributed by atoms with Gasteiger partial charge in [-0.25, -0.2) is 4.98 Å². The Hall–Kier alpha value is -4.74. The highest BCUT2D eigenvalue weighted by atomic mass is 32.1. The van der Waals surface area contributed by atoms with Gasteiger partial charge in [0, 0.05) is 74.2 Å². The molecule has 4 bridgehead atoms. The number of anilines is 2. The number of amides is 1. The van der Waals surface area contributed by atoms with Gasteiger partial charge in [-0.2, -0.15) is 0 Å². The number of ketones is 1. The molecule has 4 heterocycles. The van der Waals surface area contributed by atoms with Crippen LogP contribution in [-0.2, 0) is 28.5 Å². The first-order chi connectivity index (χ1) is 27.4. The predicted molar refractivity (Wildman–Crippen MR) is 218 cm³/mol. The van der Waals surface area contributed by atoms with E-state index in [0.717, 1.165) is 0 Å². The number of morpholine rings is 1. The van der Waals surface area contributed by atoms with Crippen LogP contribution in [0.2, 0.25) is 0 Å². The SMILES string of the molecule is CO[C@H]1C=CO[C@@]2(C)Oc3c(C)c(O)c4c(O)c(c5sc(N6CCOCC6)nc5c4c3C2=O)NC(=O)/C(C)=C\C=C/[C@H](C)[C@H](O)[C@@H](C)[C@@H](O)[C@@H](C)[C@H](OC(C)=O)[C@@H]1C. The Kier molecular flexibility index (Phi) is 12.5. The molecule has 3 aromatic rings. The molecule has 16 heteroatoms.